The van der Waals surface area contributed by atoms with E-state index in [2.05, 4.69) is 30.4 Å². The number of benzene rings is 2. The van der Waals surface area contributed by atoms with Crippen LogP contribution in [-0.4, -0.2) is 36.4 Å². The van der Waals surface area contributed by atoms with E-state index in [1.54, 1.807) is 0 Å². The number of rotatable bonds is 6. The Balaban J connectivity index is 1.41. The standard InChI is InChI=1S/C26H32N2O3/c1-20-8-7-9-21(18-20)26(14-3-2-4-15-26)25(30)27-22-10-12-23(13-11-22)31-19-24(29)28-16-5-6-17-28/h7-13,18H,2-6,14-17,19H2,1H3,(H,27,30). The fourth-order valence-corrected chi connectivity index (χ4v) is 4.83. The molecule has 0 spiro atoms. The van der Waals surface area contributed by atoms with E-state index in [9.17, 15) is 9.59 Å². The Bertz CT molecular complexity index is 911. The van der Waals surface area contributed by atoms with Crippen LogP contribution in [0.25, 0.3) is 0 Å². The van der Waals surface area contributed by atoms with E-state index >= 15 is 0 Å². The van der Waals surface area contributed by atoms with Gasteiger partial charge < -0.3 is 15.0 Å². The number of nitrogens with zero attached hydrogens (tertiary/aromatic N) is 1. The van der Waals surface area contributed by atoms with Crippen molar-refractivity contribution in [2.24, 2.45) is 0 Å². The van der Waals surface area contributed by atoms with E-state index in [4.69, 9.17) is 4.74 Å². The smallest absolute Gasteiger partial charge is 0.260 e. The molecule has 1 heterocycles. The molecule has 1 saturated heterocycles. The van der Waals surface area contributed by atoms with Crippen molar-refractivity contribution in [1.82, 2.24) is 4.90 Å². The molecule has 2 aliphatic rings. The van der Waals surface area contributed by atoms with E-state index in [-0.39, 0.29) is 18.4 Å². The number of anilines is 1. The van der Waals surface area contributed by atoms with Crippen molar-refractivity contribution in [3.63, 3.8) is 0 Å². The molecule has 0 radical (unpaired) electrons. The van der Waals surface area contributed by atoms with Crippen LogP contribution >= 0.6 is 0 Å². The van der Waals surface area contributed by atoms with Crippen LogP contribution in [0, 0.1) is 6.92 Å². The van der Waals surface area contributed by atoms with Gasteiger partial charge in [0.1, 0.15) is 5.75 Å². The van der Waals surface area contributed by atoms with Crippen LogP contribution < -0.4 is 10.1 Å². The minimum absolute atomic E-state index is 0.0345. The van der Waals surface area contributed by atoms with Gasteiger partial charge in [0.15, 0.2) is 6.61 Å². The minimum Gasteiger partial charge on any atom is -0.484 e. The first-order valence-corrected chi connectivity index (χ1v) is 11.5. The van der Waals surface area contributed by atoms with Gasteiger partial charge in [0.25, 0.3) is 5.91 Å². The molecular formula is C26H32N2O3. The van der Waals surface area contributed by atoms with Crippen LogP contribution in [0.2, 0.25) is 0 Å². The summed E-state index contributed by atoms with van der Waals surface area (Å²) in [5.74, 6) is 0.736. The highest BCUT2D eigenvalue weighted by Crippen LogP contribution is 2.40. The van der Waals surface area contributed by atoms with Crippen LogP contribution in [0.1, 0.15) is 56.1 Å². The zero-order valence-electron chi connectivity index (χ0n) is 18.4. The van der Waals surface area contributed by atoms with E-state index in [1.165, 1.54) is 12.0 Å². The van der Waals surface area contributed by atoms with Crippen LogP contribution in [0.3, 0.4) is 0 Å². The average molecular weight is 421 g/mol. The van der Waals surface area contributed by atoms with Gasteiger partial charge in [-0.05, 0) is 62.4 Å². The lowest BCUT2D eigenvalue weighted by Crippen LogP contribution is -2.42. The van der Waals surface area contributed by atoms with Crippen molar-refractivity contribution >= 4 is 17.5 Å². The van der Waals surface area contributed by atoms with Gasteiger partial charge in [-0.25, -0.2) is 0 Å². The lowest BCUT2D eigenvalue weighted by atomic mass is 9.68. The SMILES string of the molecule is Cc1cccc(C2(C(=O)Nc3ccc(OCC(=O)N4CCCC4)cc3)CCCCC2)c1. The van der Waals surface area contributed by atoms with Crippen molar-refractivity contribution < 1.29 is 14.3 Å². The molecule has 4 rings (SSSR count). The molecule has 5 heteroatoms. The fourth-order valence-electron chi connectivity index (χ4n) is 4.83. The molecule has 0 unspecified atom stereocenters. The Morgan fingerprint density at radius 2 is 1.68 bits per heavy atom. The number of carbonyl (C=O) groups excluding carboxylic acids is 2. The fraction of sp³-hybridized carbons (Fsp3) is 0.462. The van der Waals surface area contributed by atoms with E-state index in [0.717, 1.165) is 62.9 Å². The predicted octanol–water partition coefficient (Wildman–Crippen LogP) is 4.84. The first-order chi connectivity index (χ1) is 15.1. The summed E-state index contributed by atoms with van der Waals surface area (Å²) in [6.45, 7) is 3.79. The summed E-state index contributed by atoms with van der Waals surface area (Å²) in [6, 6.07) is 15.7. The topological polar surface area (TPSA) is 58.6 Å². The van der Waals surface area contributed by atoms with Gasteiger partial charge >= 0.3 is 0 Å². The van der Waals surface area contributed by atoms with Gasteiger partial charge in [0, 0.05) is 18.8 Å². The number of hydrogen-bond donors (Lipinski definition) is 1. The molecule has 2 aromatic carbocycles. The third-order valence-electron chi connectivity index (χ3n) is 6.65. The number of nitrogens with one attached hydrogen (secondary N) is 1. The maximum Gasteiger partial charge on any atom is 0.260 e. The zero-order chi connectivity index (χ0) is 21.7. The molecule has 1 saturated carbocycles. The molecular weight excluding hydrogens is 388 g/mol. The first-order valence-electron chi connectivity index (χ1n) is 11.5. The molecule has 2 aromatic rings. The number of ether oxygens (including phenoxy) is 1. The van der Waals surface area contributed by atoms with E-state index in [1.807, 2.05) is 35.2 Å². The quantitative estimate of drug-likeness (QED) is 0.728. The second-order valence-corrected chi connectivity index (χ2v) is 8.87. The highest BCUT2D eigenvalue weighted by molar-refractivity contribution is 5.99. The third kappa shape index (κ3) is 4.92. The van der Waals surface area contributed by atoms with E-state index < -0.39 is 5.41 Å². The summed E-state index contributed by atoms with van der Waals surface area (Å²) in [5.41, 5.74) is 2.58. The summed E-state index contributed by atoms with van der Waals surface area (Å²) in [6.07, 6.45) is 7.22. The second kappa shape index (κ2) is 9.54. The number of aryl methyl sites for hydroxylation is 1. The van der Waals surface area contributed by atoms with Gasteiger partial charge in [-0.15, -0.1) is 0 Å². The molecule has 1 aliphatic heterocycles. The highest BCUT2D eigenvalue weighted by Gasteiger charge is 2.41. The van der Waals surface area contributed by atoms with Crippen molar-refractivity contribution in [2.75, 3.05) is 25.0 Å². The lowest BCUT2D eigenvalue weighted by Gasteiger charge is -2.36. The first kappa shape index (κ1) is 21.4. The average Bonchev–Trinajstić information content (AvgIpc) is 3.34. The Morgan fingerprint density at radius 1 is 0.968 bits per heavy atom. The number of amides is 2. The normalized spacial score (nSPS) is 17.9. The Kier molecular flexibility index (Phi) is 6.59. The van der Waals surface area contributed by atoms with Gasteiger partial charge in [-0.2, -0.15) is 0 Å². The van der Waals surface area contributed by atoms with Gasteiger partial charge in [0.05, 0.1) is 5.41 Å². The summed E-state index contributed by atoms with van der Waals surface area (Å²) >= 11 is 0. The molecule has 164 valence electrons. The number of likely N-dealkylation sites (tertiary alicyclic amines) is 1. The summed E-state index contributed by atoms with van der Waals surface area (Å²) in [5, 5.41) is 3.14. The molecule has 1 N–H and O–H groups in total. The largest absolute Gasteiger partial charge is 0.484 e. The highest BCUT2D eigenvalue weighted by atomic mass is 16.5. The van der Waals surface area contributed by atoms with Crippen molar-refractivity contribution in [1.29, 1.82) is 0 Å². The maximum absolute atomic E-state index is 13.5. The minimum atomic E-state index is -0.471. The van der Waals surface area contributed by atoms with E-state index in [0.29, 0.717) is 5.75 Å². The van der Waals surface area contributed by atoms with Crippen LogP contribution in [-0.2, 0) is 15.0 Å². The Morgan fingerprint density at radius 3 is 2.35 bits per heavy atom. The van der Waals surface area contributed by atoms with Crippen LogP contribution in [0.5, 0.6) is 5.75 Å². The molecule has 0 bridgehead atoms. The predicted molar refractivity (Wildman–Crippen MR) is 122 cm³/mol. The number of carbonyl (C=O) groups is 2. The molecule has 1 aliphatic carbocycles. The summed E-state index contributed by atoms with van der Waals surface area (Å²) in [4.78, 5) is 27.5. The molecule has 2 fully saturated rings. The third-order valence-corrected chi connectivity index (χ3v) is 6.65. The second-order valence-electron chi connectivity index (χ2n) is 8.87. The molecule has 0 aromatic heterocycles. The molecule has 5 nitrogen and oxygen atoms in total. The lowest BCUT2D eigenvalue weighted by molar-refractivity contribution is -0.132. The summed E-state index contributed by atoms with van der Waals surface area (Å²) < 4.78 is 5.65. The van der Waals surface area contributed by atoms with Crippen LogP contribution in [0.4, 0.5) is 5.69 Å². The maximum atomic E-state index is 13.5. The summed E-state index contributed by atoms with van der Waals surface area (Å²) in [7, 11) is 0. The Hall–Kier alpha value is -2.82. The van der Waals surface area contributed by atoms with Crippen molar-refractivity contribution in [3.05, 3.63) is 59.7 Å². The van der Waals surface area contributed by atoms with Crippen molar-refractivity contribution in [3.8, 4) is 5.75 Å². The molecule has 2 amide bonds. The Labute approximate surface area is 184 Å². The zero-order valence-corrected chi connectivity index (χ0v) is 18.4. The molecule has 0 atom stereocenters. The van der Waals surface area contributed by atoms with Gasteiger partial charge in [-0.3, -0.25) is 9.59 Å². The van der Waals surface area contributed by atoms with Gasteiger partial charge in [0.2, 0.25) is 5.91 Å². The van der Waals surface area contributed by atoms with Crippen molar-refractivity contribution in [2.45, 2.75) is 57.3 Å². The molecule has 31 heavy (non-hydrogen) atoms. The van der Waals surface area contributed by atoms with Gasteiger partial charge in [-0.1, -0.05) is 49.1 Å². The van der Waals surface area contributed by atoms with Crippen LogP contribution in [0.15, 0.2) is 48.5 Å². The number of hydrogen-bond acceptors (Lipinski definition) is 3. The monoisotopic (exact) mass is 420 g/mol.